The molecule has 11 aromatic rings. The normalized spacial score (nSPS) is 15.5. The molecule has 65 heavy (non-hydrogen) atoms. The smallest absolute Gasteiger partial charge is 0.238 e. The Labute approximate surface area is 379 Å². The minimum Gasteiger partial charge on any atom is -0.309 e. The van der Waals surface area contributed by atoms with E-state index in [-0.39, 0.29) is 10.8 Å². The van der Waals surface area contributed by atoms with E-state index < -0.39 is 0 Å². The molecule has 0 radical (unpaired) electrons. The summed E-state index contributed by atoms with van der Waals surface area (Å²) in [6.07, 6.45) is 1.17. The van der Waals surface area contributed by atoms with Crippen LogP contribution in [0.15, 0.2) is 188 Å². The average Bonchev–Trinajstić information content (AvgIpc) is 3.87. The van der Waals surface area contributed by atoms with Gasteiger partial charge in [-0.15, -0.1) is 0 Å². The van der Waals surface area contributed by atoms with E-state index in [0.717, 1.165) is 44.3 Å². The van der Waals surface area contributed by atoms with Crippen LogP contribution in [-0.4, -0.2) is 24.1 Å². The zero-order valence-electron chi connectivity index (χ0n) is 37.4. The van der Waals surface area contributed by atoms with E-state index in [1.54, 1.807) is 0 Å². The van der Waals surface area contributed by atoms with Crippen LogP contribution in [0.25, 0.3) is 100 Å². The predicted octanol–water partition coefficient (Wildman–Crippen LogP) is 15.3. The summed E-state index contributed by atoms with van der Waals surface area (Å²) in [6, 6.07) is 67.6. The highest BCUT2D eigenvalue weighted by Crippen LogP contribution is 2.52. The minimum atomic E-state index is 0.0760. The number of fused-ring (bicyclic) bond motifs is 8. The third-order valence-corrected chi connectivity index (χ3v) is 14.5. The summed E-state index contributed by atoms with van der Waals surface area (Å²) in [5.74, 6) is 2.45. The Morgan fingerprint density at radius 3 is 1.60 bits per heavy atom. The SMILES string of the molecule is CC1CC(C)(C)c2c(-c3cccc(-c4cccc(-n5c6ccccc6c6c7c8ccccc8n(-c8nc(-c9ccccc9)nc(-c9ccccc9)n8)c7ccc65)c4)c3)cccc2C1(C)C. The van der Waals surface area contributed by atoms with Gasteiger partial charge in [0.25, 0.3) is 0 Å². The van der Waals surface area contributed by atoms with E-state index in [1.165, 1.54) is 56.0 Å². The second-order valence-electron chi connectivity index (χ2n) is 19.1. The number of aromatic nitrogens is 5. The zero-order valence-corrected chi connectivity index (χ0v) is 37.4. The second kappa shape index (κ2) is 14.7. The maximum absolute atomic E-state index is 5.20. The Kier molecular flexibility index (Phi) is 8.83. The molecule has 1 aliphatic rings. The number of para-hydroxylation sites is 2. The summed E-state index contributed by atoms with van der Waals surface area (Å²) < 4.78 is 4.66. The summed E-state index contributed by atoms with van der Waals surface area (Å²) in [7, 11) is 0. The highest BCUT2D eigenvalue weighted by atomic mass is 15.2. The Morgan fingerprint density at radius 1 is 0.446 bits per heavy atom. The molecule has 0 saturated carbocycles. The molecule has 1 unspecified atom stereocenters. The maximum Gasteiger partial charge on any atom is 0.238 e. The van der Waals surface area contributed by atoms with Crippen LogP contribution >= 0.6 is 0 Å². The van der Waals surface area contributed by atoms with Crippen LogP contribution in [0.1, 0.15) is 52.2 Å². The van der Waals surface area contributed by atoms with E-state index in [1.807, 2.05) is 36.4 Å². The van der Waals surface area contributed by atoms with Crippen molar-refractivity contribution < 1.29 is 0 Å². The van der Waals surface area contributed by atoms with E-state index in [9.17, 15) is 0 Å². The molecule has 1 aliphatic carbocycles. The van der Waals surface area contributed by atoms with Gasteiger partial charge >= 0.3 is 0 Å². The molecule has 0 aliphatic heterocycles. The van der Waals surface area contributed by atoms with Gasteiger partial charge in [0.2, 0.25) is 5.95 Å². The molecular formula is C60H49N5. The lowest BCUT2D eigenvalue weighted by molar-refractivity contribution is 0.234. The number of rotatable bonds is 6. The molecule has 12 rings (SSSR count). The van der Waals surface area contributed by atoms with Gasteiger partial charge in [0, 0.05) is 38.4 Å². The van der Waals surface area contributed by atoms with Gasteiger partial charge < -0.3 is 4.57 Å². The summed E-state index contributed by atoms with van der Waals surface area (Å²) in [5.41, 5.74) is 15.6. The first-order valence-electron chi connectivity index (χ1n) is 22.8. The lowest BCUT2D eigenvalue weighted by Gasteiger charge is -2.47. The van der Waals surface area contributed by atoms with Crippen molar-refractivity contribution in [2.24, 2.45) is 5.92 Å². The average molecular weight is 840 g/mol. The van der Waals surface area contributed by atoms with Gasteiger partial charge in [0.1, 0.15) is 0 Å². The Hall–Kier alpha value is -7.63. The van der Waals surface area contributed by atoms with Crippen molar-refractivity contribution in [3.8, 4) is 56.7 Å². The predicted molar refractivity (Wildman–Crippen MR) is 270 cm³/mol. The van der Waals surface area contributed by atoms with Crippen LogP contribution in [0.4, 0.5) is 0 Å². The first-order valence-corrected chi connectivity index (χ1v) is 22.8. The third-order valence-electron chi connectivity index (χ3n) is 14.5. The molecule has 0 N–H and O–H groups in total. The molecule has 314 valence electrons. The van der Waals surface area contributed by atoms with Crippen LogP contribution in [-0.2, 0) is 10.8 Å². The van der Waals surface area contributed by atoms with Crippen LogP contribution in [0.5, 0.6) is 0 Å². The topological polar surface area (TPSA) is 48.5 Å². The highest BCUT2D eigenvalue weighted by molar-refractivity contribution is 6.28. The summed E-state index contributed by atoms with van der Waals surface area (Å²) >= 11 is 0. The van der Waals surface area contributed by atoms with E-state index in [2.05, 4.69) is 195 Å². The first kappa shape index (κ1) is 39.0. The molecule has 3 heterocycles. The van der Waals surface area contributed by atoms with Crippen LogP contribution in [0.2, 0.25) is 0 Å². The first-order chi connectivity index (χ1) is 31.7. The number of hydrogen-bond acceptors (Lipinski definition) is 3. The fraction of sp³-hybridized carbons (Fsp3) is 0.150. The standard InChI is InChI=1S/C60H49N5/c1-38-37-59(2,3)55-45(29-18-30-48(55)60(38,4)5)43-25-16-23-41(35-43)42-24-17-26-44(36-42)64-49-31-14-12-27-46(49)53-51(64)33-34-52-54(53)47-28-13-15-32-50(47)65(52)58-62-56(39-19-8-6-9-20-39)61-57(63-58)40-21-10-7-11-22-40/h6-36,38H,37H2,1-5H3. The summed E-state index contributed by atoms with van der Waals surface area (Å²) in [6.45, 7) is 12.1. The Balaban J connectivity index is 1.04. The maximum atomic E-state index is 5.20. The van der Waals surface area contributed by atoms with E-state index >= 15 is 0 Å². The lowest BCUT2D eigenvalue weighted by Crippen LogP contribution is -2.40. The fourth-order valence-electron chi connectivity index (χ4n) is 11.0. The minimum absolute atomic E-state index is 0.0760. The molecule has 8 aromatic carbocycles. The van der Waals surface area contributed by atoms with Crippen LogP contribution < -0.4 is 0 Å². The van der Waals surface area contributed by atoms with Crippen molar-refractivity contribution in [1.29, 1.82) is 0 Å². The zero-order chi connectivity index (χ0) is 44.0. The molecule has 3 aromatic heterocycles. The van der Waals surface area contributed by atoms with Gasteiger partial charge in [-0.05, 0) is 99.0 Å². The van der Waals surface area contributed by atoms with Crippen LogP contribution in [0.3, 0.4) is 0 Å². The molecule has 5 nitrogen and oxygen atoms in total. The largest absolute Gasteiger partial charge is 0.309 e. The molecule has 0 saturated heterocycles. The molecule has 0 amide bonds. The number of hydrogen-bond donors (Lipinski definition) is 0. The Bertz CT molecular complexity index is 3590. The van der Waals surface area contributed by atoms with Gasteiger partial charge in [-0.3, -0.25) is 4.57 Å². The van der Waals surface area contributed by atoms with E-state index in [4.69, 9.17) is 15.0 Å². The van der Waals surface area contributed by atoms with Gasteiger partial charge in [0.15, 0.2) is 11.6 Å². The monoisotopic (exact) mass is 839 g/mol. The molecular weight excluding hydrogens is 791 g/mol. The third kappa shape index (κ3) is 6.17. The van der Waals surface area contributed by atoms with E-state index in [0.29, 0.717) is 23.5 Å². The molecule has 0 fully saturated rings. The molecule has 0 spiro atoms. The number of nitrogens with zero attached hydrogens (tertiary/aromatic N) is 5. The summed E-state index contributed by atoms with van der Waals surface area (Å²) in [5, 5.41) is 4.72. The molecule has 1 atom stereocenters. The van der Waals surface area contributed by atoms with Gasteiger partial charge in [0.05, 0.1) is 22.1 Å². The highest BCUT2D eigenvalue weighted by Gasteiger charge is 2.43. The quantitative estimate of drug-likeness (QED) is 0.168. The fourth-order valence-corrected chi connectivity index (χ4v) is 11.0. The second-order valence-corrected chi connectivity index (χ2v) is 19.1. The van der Waals surface area contributed by atoms with Crippen molar-refractivity contribution in [1.82, 2.24) is 24.1 Å². The van der Waals surface area contributed by atoms with Crippen molar-refractivity contribution >= 4 is 43.6 Å². The van der Waals surface area contributed by atoms with Crippen molar-refractivity contribution in [3.05, 3.63) is 199 Å². The lowest BCUT2D eigenvalue weighted by atomic mass is 9.57. The van der Waals surface area contributed by atoms with Gasteiger partial charge in [-0.1, -0.05) is 180 Å². The molecule has 5 heteroatoms. The summed E-state index contributed by atoms with van der Waals surface area (Å²) in [4.78, 5) is 15.4. The van der Waals surface area contributed by atoms with Gasteiger partial charge in [-0.25, -0.2) is 4.98 Å². The molecule has 0 bridgehead atoms. The van der Waals surface area contributed by atoms with Crippen molar-refractivity contribution in [2.75, 3.05) is 0 Å². The van der Waals surface area contributed by atoms with Gasteiger partial charge in [-0.2, -0.15) is 9.97 Å². The van der Waals surface area contributed by atoms with Crippen molar-refractivity contribution in [2.45, 2.75) is 51.9 Å². The van der Waals surface area contributed by atoms with Crippen molar-refractivity contribution in [3.63, 3.8) is 0 Å². The Morgan fingerprint density at radius 2 is 0.954 bits per heavy atom. The van der Waals surface area contributed by atoms with Crippen LogP contribution in [0, 0.1) is 5.92 Å². The number of benzene rings is 8.